The Balaban J connectivity index is 1.11. The van der Waals surface area contributed by atoms with Crippen LogP contribution in [0.25, 0.3) is 0 Å². The number of aliphatic hydroxyl groups excluding tert-OH is 4. The van der Waals surface area contributed by atoms with E-state index in [0.717, 1.165) is 18.9 Å². The van der Waals surface area contributed by atoms with E-state index < -0.39 is 127 Å². The van der Waals surface area contributed by atoms with Crippen LogP contribution in [0, 0.1) is 34.2 Å². The number of benzene rings is 1. The first-order chi connectivity index (χ1) is 38.7. The molecule has 0 radical (unpaired) electrons. The van der Waals surface area contributed by atoms with Crippen molar-refractivity contribution in [3.05, 3.63) is 49.8 Å². The third-order valence-electron chi connectivity index (χ3n) is 14.6. The van der Waals surface area contributed by atoms with Crippen LogP contribution >= 0.6 is 47.0 Å². The quantitative estimate of drug-likeness (QED) is 0.0410. The van der Waals surface area contributed by atoms with E-state index in [-0.39, 0.29) is 77.0 Å². The molecule has 8 N–H and O–H groups in total. The second kappa shape index (κ2) is 29.0. The zero-order valence-electron chi connectivity index (χ0n) is 46.4. The fourth-order valence-electron chi connectivity index (χ4n) is 10.4. The topological polar surface area (TPSA) is 308 Å². The Labute approximate surface area is 493 Å². The van der Waals surface area contributed by atoms with Gasteiger partial charge < -0.3 is 87.7 Å². The molecular formula is C54H72IN3O21S2. The summed E-state index contributed by atoms with van der Waals surface area (Å²) in [6.45, 7) is 9.37. The normalized spacial score (nSPS) is 36.8. The van der Waals surface area contributed by atoms with Gasteiger partial charge in [0.1, 0.15) is 36.6 Å². The van der Waals surface area contributed by atoms with Gasteiger partial charge in [-0.25, -0.2) is 4.79 Å². The molecule has 0 unspecified atom stereocenters. The van der Waals surface area contributed by atoms with E-state index in [1.165, 1.54) is 39.6 Å². The lowest BCUT2D eigenvalue weighted by Gasteiger charge is -2.46. The van der Waals surface area contributed by atoms with Crippen molar-refractivity contribution < 1.29 is 102 Å². The van der Waals surface area contributed by atoms with E-state index in [0.29, 0.717) is 15.7 Å². The number of likely N-dealkylation sites (N-methyl/N-ethyl adjacent to an activating group) is 1. The average molecular weight is 1290 g/mol. The molecule has 24 nitrogen and oxygen atoms in total. The largest absolute Gasteiger partial charge is 0.492 e. The Morgan fingerprint density at radius 1 is 0.889 bits per heavy atom. The highest BCUT2D eigenvalue weighted by Crippen LogP contribution is 2.49. The van der Waals surface area contributed by atoms with Crippen LogP contribution in [0.15, 0.2) is 35.1 Å². The molecule has 0 aromatic heterocycles. The molecule has 0 saturated carbocycles. The van der Waals surface area contributed by atoms with Crippen molar-refractivity contribution in [1.29, 1.82) is 0 Å². The number of allylic oxidation sites excluding steroid dienone is 3. The number of thioether (sulfide) groups is 1. The minimum Gasteiger partial charge on any atom is -0.492 e. The van der Waals surface area contributed by atoms with Crippen LogP contribution in [0.4, 0.5) is 4.79 Å². The highest BCUT2D eigenvalue weighted by molar-refractivity contribution is 14.1. The summed E-state index contributed by atoms with van der Waals surface area (Å²) in [5.41, 5.74) is 1.12. The minimum atomic E-state index is -2.07. The first kappa shape index (κ1) is 64.9. The van der Waals surface area contributed by atoms with Gasteiger partial charge in [0.25, 0.3) is 0 Å². The van der Waals surface area contributed by atoms with Gasteiger partial charge in [-0.2, -0.15) is 18.1 Å². The summed E-state index contributed by atoms with van der Waals surface area (Å²) in [7, 11) is 6.76. The number of carbonyl (C=O) groups excluding carboxylic acids is 3. The van der Waals surface area contributed by atoms with Crippen LogP contribution < -0.4 is 30.3 Å². The van der Waals surface area contributed by atoms with Crippen molar-refractivity contribution in [3.63, 3.8) is 0 Å². The maximum atomic E-state index is 14.4. The number of Topliss-reactive ketones (excluding diaryl/α,β-unsaturated/α-hetero) is 1. The third kappa shape index (κ3) is 14.4. The van der Waals surface area contributed by atoms with Crippen molar-refractivity contribution in [3.8, 4) is 40.9 Å². The second-order valence-electron chi connectivity index (χ2n) is 19.7. The van der Waals surface area contributed by atoms with Crippen molar-refractivity contribution in [2.45, 2.75) is 169 Å². The van der Waals surface area contributed by atoms with E-state index >= 15 is 0 Å². The van der Waals surface area contributed by atoms with Crippen molar-refractivity contribution in [2.75, 3.05) is 54.5 Å². The van der Waals surface area contributed by atoms with Gasteiger partial charge in [-0.3, -0.25) is 19.7 Å². The van der Waals surface area contributed by atoms with Gasteiger partial charge in [0, 0.05) is 44.0 Å². The maximum Gasteiger partial charge on any atom is 0.411 e. The molecule has 1 aromatic rings. The first-order valence-electron chi connectivity index (χ1n) is 26.2. The molecule has 2 aliphatic carbocycles. The summed E-state index contributed by atoms with van der Waals surface area (Å²) in [6.07, 6.45) is -14.1. The number of halogens is 1. The summed E-state index contributed by atoms with van der Waals surface area (Å²) >= 11 is 7.21. The minimum absolute atomic E-state index is 0.0247. The van der Waals surface area contributed by atoms with Crippen LogP contribution in [0.3, 0.4) is 0 Å². The predicted molar refractivity (Wildman–Crippen MR) is 300 cm³/mol. The Kier molecular flexibility index (Phi) is 23.2. The van der Waals surface area contributed by atoms with Gasteiger partial charge in [0.05, 0.1) is 97.0 Å². The number of hydroxylamine groups is 1. The van der Waals surface area contributed by atoms with Crippen molar-refractivity contribution >= 4 is 64.0 Å². The van der Waals surface area contributed by atoms with E-state index in [4.69, 9.17) is 61.7 Å². The molecule has 7 rings (SSSR count). The van der Waals surface area contributed by atoms with Gasteiger partial charge in [-0.05, 0) is 74.5 Å². The van der Waals surface area contributed by atoms with Gasteiger partial charge >= 0.3 is 6.09 Å². The zero-order valence-corrected chi connectivity index (χ0v) is 50.2. The molecule has 4 fully saturated rings. The number of nitrogens with one attached hydrogen (secondary N) is 3. The van der Waals surface area contributed by atoms with Crippen LogP contribution in [-0.4, -0.2) is 212 Å². The lowest BCUT2D eigenvalue weighted by atomic mass is 9.75. The number of carbonyl (C=O) groups is 3. The summed E-state index contributed by atoms with van der Waals surface area (Å²) in [5, 5.41) is 62.2. The molecule has 2 bridgehead atoms. The molecule has 6 aliphatic rings. The molecule has 4 heterocycles. The monoisotopic (exact) mass is 1290 g/mol. The summed E-state index contributed by atoms with van der Waals surface area (Å²) in [4.78, 5) is 47.2. The highest BCUT2D eigenvalue weighted by Gasteiger charge is 2.52. The van der Waals surface area contributed by atoms with Crippen LogP contribution in [0.1, 0.15) is 62.9 Å². The van der Waals surface area contributed by atoms with Crippen molar-refractivity contribution in [2.24, 2.45) is 0 Å². The summed E-state index contributed by atoms with van der Waals surface area (Å²) in [5.74, 6) is 10.8. The Bertz CT molecular complexity index is 2650. The van der Waals surface area contributed by atoms with E-state index in [1.54, 1.807) is 34.8 Å². The average Bonchev–Trinajstić information content (AvgIpc) is 3.47. The number of hydrogen-bond acceptors (Lipinski definition) is 25. The lowest BCUT2D eigenvalue weighted by Crippen LogP contribution is -2.65. The number of alkyl carbamates (subject to hydrolysis) is 1. The molecule has 1 aromatic carbocycles. The van der Waals surface area contributed by atoms with E-state index in [1.807, 2.05) is 29.5 Å². The van der Waals surface area contributed by atoms with Gasteiger partial charge in [0.15, 0.2) is 41.8 Å². The predicted octanol–water partition coefficient (Wildman–Crippen LogP) is 1.47. The number of amides is 1. The number of aliphatic hydroxyl groups is 5. The van der Waals surface area contributed by atoms with Crippen LogP contribution in [0.2, 0.25) is 0 Å². The van der Waals surface area contributed by atoms with Gasteiger partial charge in [-0.15, -0.1) is 0 Å². The molecule has 27 heteroatoms. The number of ketones is 1. The number of ether oxygens (including phenoxy) is 12. The first-order valence-corrected chi connectivity index (χ1v) is 28.8. The molecule has 0 spiro atoms. The number of thiol groups is 1. The highest BCUT2D eigenvalue weighted by atomic mass is 127. The Hall–Kier alpha value is -3.64. The smallest absolute Gasteiger partial charge is 0.411 e. The third-order valence-corrected chi connectivity index (χ3v) is 17.5. The molecule has 4 saturated heterocycles. The number of fused-ring (bicyclic) bond motifs is 2. The standard InChI is InChI=1S/C54H72IN3O21S2/c1-11-56-29-23-72-34(21-33(29)67-6)77-47-42(62)39(25(3)74-52(47)76-32-16-14-12-13-15-18-54(66)22-31(60)40(57-53(65)71-10)37(32)28(54)17-19-80)58-79-35-20-30(59)49(27(5)73-35)81-50(64)36-24(2)38(55)45(48(70-9)44(36)68-7)78-51-43(63)46(69-8)41(61)26(4)75-51/h12-13,17,25-27,29-30,32-35,39,41-43,46-47,49,51-52,56,58-59,61-63,66,80H,11,19-23H2,1-10H3,(H,57,65)/b13-12-,28-17-/t25-,26+,27-,29+,30+,32+,33+,34+,35+,39-,41+,42+,43-,46-,47-,49-,51+,52+,54+/m1/s1. The molecule has 19 atom stereocenters. The van der Waals surface area contributed by atoms with Crippen LogP contribution in [-0.2, 0) is 52.3 Å². The van der Waals surface area contributed by atoms with E-state index in [9.17, 15) is 39.9 Å². The fourth-order valence-corrected chi connectivity index (χ4v) is 12.4. The van der Waals surface area contributed by atoms with E-state index in [2.05, 4.69) is 52.4 Å². The Morgan fingerprint density at radius 3 is 2.26 bits per heavy atom. The molecular weight excluding hydrogens is 1220 g/mol. The van der Waals surface area contributed by atoms with Crippen LogP contribution in [0.5, 0.6) is 17.2 Å². The van der Waals surface area contributed by atoms with Gasteiger partial charge in [-0.1, -0.05) is 48.4 Å². The van der Waals surface area contributed by atoms with Crippen molar-refractivity contribution in [1.82, 2.24) is 16.1 Å². The summed E-state index contributed by atoms with van der Waals surface area (Å²) in [6, 6.07) is -1.27. The number of rotatable bonds is 19. The Morgan fingerprint density at radius 2 is 1.60 bits per heavy atom. The molecule has 81 heavy (non-hydrogen) atoms. The fraction of sp³-hybridized carbons (Fsp3) is 0.648. The zero-order chi connectivity index (χ0) is 59.0. The molecule has 1 amide bonds. The molecule has 448 valence electrons. The lowest BCUT2D eigenvalue weighted by molar-refractivity contribution is -0.336. The van der Waals surface area contributed by atoms with Gasteiger partial charge in [0.2, 0.25) is 17.2 Å². The second-order valence-corrected chi connectivity index (χ2v) is 22.3. The summed E-state index contributed by atoms with van der Waals surface area (Å²) < 4.78 is 72.1. The molecule has 4 aliphatic heterocycles. The number of methoxy groups -OCH3 is 5. The SMILES string of the molecule is CCN[C@H]1CO[C@@H](O[C@H]2[C@H](O[C@H]3C#C/C=C\C#C[C@]4(O)CC(=O)C(NC(=O)OC)=C3/C4=C/CS)O[C@H](C)[C@@H](NO[C@H]3C[C@H](O)[C@H](SC(=O)c4c(C)c(I)c(O[C@@H]5O[C@@H](C)[C@H](O)[C@@H](OC)[C@H]5O)c(OC)c4OC)[C@@H](C)O3)[C@@H]2O)C[C@@H]1OC. The maximum absolute atomic E-state index is 14.4. The number of hydrogen-bond donors (Lipinski definition) is 9.